The minimum atomic E-state index is -0.114. The van der Waals surface area contributed by atoms with Crippen LogP contribution in [0.5, 0.6) is 0 Å². The largest absolute Gasteiger partial charge is 0.350 e. The fourth-order valence-corrected chi connectivity index (χ4v) is 3.11. The number of hydrogen-bond acceptors (Lipinski definition) is 2. The predicted molar refractivity (Wildman–Crippen MR) is 74.5 cm³/mol. The summed E-state index contributed by atoms with van der Waals surface area (Å²) in [6.45, 7) is 5.00. The van der Waals surface area contributed by atoms with Gasteiger partial charge in [0.25, 0.3) is 0 Å². The molecule has 1 saturated heterocycles. The molecule has 4 heteroatoms. The average Bonchev–Trinajstić information content (AvgIpc) is 2.48. The van der Waals surface area contributed by atoms with Crippen molar-refractivity contribution in [3.05, 3.63) is 12.7 Å². The summed E-state index contributed by atoms with van der Waals surface area (Å²) < 4.78 is 0. The van der Waals surface area contributed by atoms with Gasteiger partial charge in [-0.05, 0) is 31.8 Å². The second kappa shape index (κ2) is 6.73. The Morgan fingerprint density at radius 3 is 2.26 bits per heavy atom. The molecule has 106 valence electrons. The lowest BCUT2D eigenvalue weighted by atomic mass is 9.87. The van der Waals surface area contributed by atoms with Crippen molar-refractivity contribution in [3.63, 3.8) is 0 Å². The maximum absolute atomic E-state index is 12.4. The van der Waals surface area contributed by atoms with Gasteiger partial charge in [0.15, 0.2) is 0 Å². The van der Waals surface area contributed by atoms with Gasteiger partial charge in [-0.2, -0.15) is 0 Å². The molecular weight excluding hydrogens is 240 g/mol. The zero-order valence-electron chi connectivity index (χ0n) is 11.6. The van der Waals surface area contributed by atoms with E-state index in [1.165, 1.54) is 25.3 Å². The summed E-state index contributed by atoms with van der Waals surface area (Å²) in [5.74, 6) is 0.485. The van der Waals surface area contributed by atoms with E-state index in [4.69, 9.17) is 0 Å². The van der Waals surface area contributed by atoms with E-state index in [0.29, 0.717) is 5.91 Å². The third kappa shape index (κ3) is 3.82. The number of hydrogen-bond donors (Lipinski definition) is 1. The van der Waals surface area contributed by atoms with Crippen LogP contribution in [-0.2, 0) is 9.59 Å². The predicted octanol–water partition coefficient (Wildman–Crippen LogP) is 1.86. The Morgan fingerprint density at radius 1 is 1.05 bits per heavy atom. The van der Waals surface area contributed by atoms with Crippen molar-refractivity contribution in [3.8, 4) is 0 Å². The summed E-state index contributed by atoms with van der Waals surface area (Å²) >= 11 is 0. The highest BCUT2D eigenvalue weighted by Crippen LogP contribution is 2.26. The van der Waals surface area contributed by atoms with E-state index in [9.17, 15) is 9.59 Å². The minimum absolute atomic E-state index is 0.114. The quantitative estimate of drug-likeness (QED) is 0.791. The molecule has 19 heavy (non-hydrogen) atoms. The van der Waals surface area contributed by atoms with E-state index in [-0.39, 0.29) is 17.9 Å². The molecule has 0 atom stereocenters. The Kier molecular flexibility index (Phi) is 5.00. The summed E-state index contributed by atoms with van der Waals surface area (Å²) in [4.78, 5) is 25.6. The van der Waals surface area contributed by atoms with Crippen LogP contribution >= 0.6 is 0 Å². The van der Waals surface area contributed by atoms with Crippen LogP contribution in [0.2, 0.25) is 0 Å². The van der Waals surface area contributed by atoms with Crippen LogP contribution in [0.4, 0.5) is 0 Å². The van der Waals surface area contributed by atoms with Gasteiger partial charge in [0.1, 0.15) is 0 Å². The van der Waals surface area contributed by atoms with Crippen molar-refractivity contribution in [2.24, 2.45) is 5.92 Å². The molecule has 0 radical (unpaired) electrons. The first-order valence-electron chi connectivity index (χ1n) is 7.42. The summed E-state index contributed by atoms with van der Waals surface area (Å²) in [5.41, 5.74) is 0. The number of rotatable bonds is 3. The Labute approximate surface area is 115 Å². The fourth-order valence-electron chi connectivity index (χ4n) is 3.11. The van der Waals surface area contributed by atoms with Gasteiger partial charge in [0, 0.05) is 25.0 Å². The molecule has 0 spiro atoms. The molecule has 1 aliphatic carbocycles. The average molecular weight is 264 g/mol. The molecule has 0 aromatic heterocycles. The van der Waals surface area contributed by atoms with Crippen LogP contribution in [0.1, 0.15) is 44.9 Å². The summed E-state index contributed by atoms with van der Waals surface area (Å²) in [5, 5.41) is 2.91. The Bertz CT molecular complexity index is 340. The van der Waals surface area contributed by atoms with E-state index >= 15 is 0 Å². The maximum atomic E-state index is 12.4. The molecule has 1 heterocycles. The summed E-state index contributed by atoms with van der Waals surface area (Å²) in [6, 6.07) is 0.195. The van der Waals surface area contributed by atoms with Crippen LogP contribution in [0.25, 0.3) is 0 Å². The van der Waals surface area contributed by atoms with Crippen molar-refractivity contribution in [1.82, 2.24) is 10.2 Å². The van der Waals surface area contributed by atoms with E-state index < -0.39 is 0 Å². The van der Waals surface area contributed by atoms with Gasteiger partial charge < -0.3 is 10.2 Å². The van der Waals surface area contributed by atoms with Crippen LogP contribution < -0.4 is 5.32 Å². The van der Waals surface area contributed by atoms with Crippen LogP contribution in [0, 0.1) is 5.92 Å². The highest BCUT2D eigenvalue weighted by atomic mass is 16.2. The number of likely N-dealkylation sites (tertiary alicyclic amines) is 1. The van der Waals surface area contributed by atoms with Crippen LogP contribution in [0.15, 0.2) is 12.7 Å². The Balaban J connectivity index is 1.77. The van der Waals surface area contributed by atoms with E-state index in [1.54, 1.807) is 0 Å². The lowest BCUT2D eigenvalue weighted by molar-refractivity contribution is -0.137. The molecule has 1 aliphatic heterocycles. The molecule has 2 fully saturated rings. The molecule has 0 unspecified atom stereocenters. The molecule has 2 rings (SSSR count). The van der Waals surface area contributed by atoms with Crippen molar-refractivity contribution in [2.75, 3.05) is 13.1 Å². The number of nitrogens with one attached hydrogen (secondary N) is 1. The number of amides is 2. The Morgan fingerprint density at radius 2 is 1.68 bits per heavy atom. The van der Waals surface area contributed by atoms with E-state index in [2.05, 4.69) is 11.9 Å². The molecule has 4 nitrogen and oxygen atoms in total. The van der Waals surface area contributed by atoms with E-state index in [0.717, 1.165) is 38.8 Å². The smallest absolute Gasteiger partial charge is 0.243 e. The van der Waals surface area contributed by atoms with Gasteiger partial charge in [0.2, 0.25) is 11.8 Å². The third-order valence-electron chi connectivity index (χ3n) is 4.29. The normalized spacial score (nSPS) is 22.0. The molecule has 1 N–H and O–H groups in total. The number of nitrogens with zero attached hydrogens (tertiary/aromatic N) is 1. The standard InChI is InChI=1S/C15H24N2O2/c1-2-14(18)16-13-8-10-17(11-9-13)15(19)12-6-4-3-5-7-12/h2,12-13H,1,3-11H2,(H,16,18). The third-order valence-corrected chi connectivity index (χ3v) is 4.29. The lowest BCUT2D eigenvalue weighted by Gasteiger charge is -2.35. The first-order valence-corrected chi connectivity index (χ1v) is 7.42. The molecule has 0 aromatic carbocycles. The summed E-state index contributed by atoms with van der Waals surface area (Å²) in [6.07, 6.45) is 8.82. The van der Waals surface area contributed by atoms with Gasteiger partial charge in [-0.15, -0.1) is 0 Å². The first-order chi connectivity index (χ1) is 9.20. The molecule has 2 aliphatic rings. The van der Waals surface area contributed by atoms with Crippen LogP contribution in [0.3, 0.4) is 0 Å². The number of piperidine rings is 1. The fraction of sp³-hybridized carbons (Fsp3) is 0.733. The summed E-state index contributed by atoms with van der Waals surface area (Å²) in [7, 11) is 0. The zero-order valence-corrected chi connectivity index (χ0v) is 11.6. The van der Waals surface area contributed by atoms with Crippen molar-refractivity contribution < 1.29 is 9.59 Å². The highest BCUT2D eigenvalue weighted by Gasteiger charge is 2.29. The number of carbonyl (C=O) groups excluding carboxylic acids is 2. The SMILES string of the molecule is C=CC(=O)NC1CCN(C(=O)C2CCCCC2)CC1. The van der Waals surface area contributed by atoms with E-state index in [1.807, 2.05) is 4.90 Å². The topological polar surface area (TPSA) is 49.4 Å². The minimum Gasteiger partial charge on any atom is -0.350 e. The van der Waals surface area contributed by atoms with Gasteiger partial charge >= 0.3 is 0 Å². The van der Waals surface area contributed by atoms with Crippen LogP contribution in [-0.4, -0.2) is 35.8 Å². The van der Waals surface area contributed by atoms with Gasteiger partial charge in [-0.3, -0.25) is 9.59 Å². The maximum Gasteiger partial charge on any atom is 0.243 e. The molecule has 1 saturated carbocycles. The molecule has 0 bridgehead atoms. The van der Waals surface area contributed by atoms with Crippen molar-refractivity contribution in [2.45, 2.75) is 51.0 Å². The van der Waals surface area contributed by atoms with Gasteiger partial charge in [-0.1, -0.05) is 25.8 Å². The Hall–Kier alpha value is -1.32. The van der Waals surface area contributed by atoms with Gasteiger partial charge in [-0.25, -0.2) is 0 Å². The molecule has 2 amide bonds. The molecular formula is C15H24N2O2. The lowest BCUT2D eigenvalue weighted by Crippen LogP contribution is -2.48. The highest BCUT2D eigenvalue weighted by molar-refractivity contribution is 5.87. The zero-order chi connectivity index (χ0) is 13.7. The number of carbonyl (C=O) groups is 2. The van der Waals surface area contributed by atoms with Gasteiger partial charge in [0.05, 0.1) is 0 Å². The molecule has 0 aromatic rings. The first kappa shape index (κ1) is 14.1. The second-order valence-corrected chi connectivity index (χ2v) is 5.65. The second-order valence-electron chi connectivity index (χ2n) is 5.65. The van der Waals surface area contributed by atoms with Crippen molar-refractivity contribution in [1.29, 1.82) is 0 Å². The van der Waals surface area contributed by atoms with Crippen molar-refractivity contribution >= 4 is 11.8 Å². The monoisotopic (exact) mass is 264 g/mol.